The zero-order valence-corrected chi connectivity index (χ0v) is 10.5. The van der Waals surface area contributed by atoms with Gasteiger partial charge in [-0.25, -0.2) is 0 Å². The smallest absolute Gasteiger partial charge is 0.259 e. The normalized spacial score (nSPS) is 25.6. The van der Waals surface area contributed by atoms with Gasteiger partial charge in [-0.2, -0.15) is 0 Å². The quantitative estimate of drug-likeness (QED) is 0.473. The first-order chi connectivity index (χ1) is 9.50. The maximum atomic E-state index is 12.4. The topological polar surface area (TPSA) is 113 Å². The first kappa shape index (κ1) is 12.6. The fraction of sp³-hybridized carbons (Fsp3) is 0.308. The van der Waals surface area contributed by atoms with Gasteiger partial charge in [-0.3, -0.25) is 24.6 Å². The number of rotatable bonds is 1. The van der Waals surface area contributed by atoms with E-state index < -0.39 is 24.1 Å². The molecule has 1 aromatic carbocycles. The number of fused-ring (bicyclic) bond motifs is 1. The molecule has 2 heterocycles. The summed E-state index contributed by atoms with van der Waals surface area (Å²) in [5, 5.41) is 12.4. The minimum Gasteiger partial charge on any atom is -0.398 e. The van der Waals surface area contributed by atoms with Gasteiger partial charge in [0.15, 0.2) is 6.23 Å². The molecule has 1 fully saturated rings. The Labute approximate surface area is 114 Å². The van der Waals surface area contributed by atoms with Crippen LogP contribution in [0.15, 0.2) is 18.2 Å². The zero-order chi connectivity index (χ0) is 14.4. The van der Waals surface area contributed by atoms with Crippen molar-refractivity contribution in [3.63, 3.8) is 0 Å². The minimum atomic E-state index is -1.22. The highest BCUT2D eigenvalue weighted by atomic mass is 16.3. The molecule has 0 saturated carbocycles. The number of nitrogens with two attached hydrogens (primary N) is 1. The highest BCUT2D eigenvalue weighted by Gasteiger charge is 2.44. The minimum absolute atomic E-state index is 0.138. The number of anilines is 1. The van der Waals surface area contributed by atoms with Crippen LogP contribution < -0.4 is 11.1 Å². The fourth-order valence-corrected chi connectivity index (χ4v) is 2.70. The van der Waals surface area contributed by atoms with Gasteiger partial charge in [0, 0.05) is 17.7 Å². The molecular weight excluding hydrogens is 262 g/mol. The first-order valence-corrected chi connectivity index (χ1v) is 6.23. The molecule has 2 unspecified atom stereocenters. The van der Waals surface area contributed by atoms with Crippen molar-refractivity contribution in [3.8, 4) is 0 Å². The van der Waals surface area contributed by atoms with E-state index in [4.69, 9.17) is 5.73 Å². The summed E-state index contributed by atoms with van der Waals surface area (Å²) < 4.78 is 0. The van der Waals surface area contributed by atoms with Gasteiger partial charge in [0.2, 0.25) is 11.8 Å². The molecule has 1 aromatic rings. The predicted octanol–water partition coefficient (Wildman–Crippen LogP) is -0.479. The van der Waals surface area contributed by atoms with E-state index in [1.165, 1.54) is 0 Å². The van der Waals surface area contributed by atoms with Crippen LogP contribution in [0.4, 0.5) is 5.69 Å². The molecule has 7 nitrogen and oxygen atoms in total. The van der Waals surface area contributed by atoms with Crippen LogP contribution >= 0.6 is 0 Å². The molecule has 3 rings (SSSR count). The predicted molar refractivity (Wildman–Crippen MR) is 68.2 cm³/mol. The van der Waals surface area contributed by atoms with Crippen LogP contribution in [0.25, 0.3) is 0 Å². The van der Waals surface area contributed by atoms with E-state index in [0.717, 1.165) is 4.90 Å². The molecule has 0 spiro atoms. The second-order valence-corrected chi connectivity index (χ2v) is 4.86. The third-order valence-electron chi connectivity index (χ3n) is 3.66. The van der Waals surface area contributed by atoms with E-state index in [9.17, 15) is 19.5 Å². The molecular formula is C13H13N3O4. The second-order valence-electron chi connectivity index (χ2n) is 4.86. The van der Waals surface area contributed by atoms with Crippen LogP contribution in [-0.4, -0.2) is 33.8 Å². The lowest BCUT2D eigenvalue weighted by atomic mass is 10.0. The zero-order valence-electron chi connectivity index (χ0n) is 10.5. The van der Waals surface area contributed by atoms with Gasteiger partial charge < -0.3 is 10.8 Å². The molecule has 2 aliphatic rings. The van der Waals surface area contributed by atoms with E-state index in [2.05, 4.69) is 5.32 Å². The van der Waals surface area contributed by atoms with Crippen molar-refractivity contribution in [2.75, 3.05) is 5.73 Å². The van der Waals surface area contributed by atoms with Gasteiger partial charge in [0.05, 0.1) is 5.56 Å². The summed E-state index contributed by atoms with van der Waals surface area (Å²) in [4.78, 5) is 36.5. The van der Waals surface area contributed by atoms with Crippen molar-refractivity contribution in [1.82, 2.24) is 10.2 Å². The number of nitrogens with zero attached hydrogens (tertiary/aromatic N) is 1. The first-order valence-electron chi connectivity index (χ1n) is 6.23. The number of amides is 3. The number of carbonyl (C=O) groups excluding carboxylic acids is 3. The summed E-state index contributed by atoms with van der Waals surface area (Å²) in [5.41, 5.74) is 6.64. The average Bonchev–Trinajstić information content (AvgIpc) is 2.64. The molecule has 104 valence electrons. The van der Waals surface area contributed by atoms with Crippen LogP contribution in [0.1, 0.15) is 35.0 Å². The van der Waals surface area contributed by atoms with E-state index in [-0.39, 0.29) is 30.0 Å². The number of benzene rings is 1. The summed E-state index contributed by atoms with van der Waals surface area (Å²) >= 11 is 0. The maximum absolute atomic E-state index is 12.4. The molecule has 7 heteroatoms. The highest BCUT2D eigenvalue weighted by Crippen LogP contribution is 2.37. The average molecular weight is 275 g/mol. The molecule has 0 bridgehead atoms. The number of nitrogens with one attached hydrogen (secondary N) is 1. The lowest BCUT2D eigenvalue weighted by Gasteiger charge is -2.31. The van der Waals surface area contributed by atoms with Crippen molar-refractivity contribution >= 4 is 23.4 Å². The Balaban J connectivity index is 1.98. The number of nitrogen functional groups attached to an aromatic ring is 1. The van der Waals surface area contributed by atoms with E-state index in [0.29, 0.717) is 5.56 Å². The summed E-state index contributed by atoms with van der Waals surface area (Å²) in [6, 6.07) is 3.94. The van der Waals surface area contributed by atoms with E-state index in [1.54, 1.807) is 18.2 Å². The Hall–Kier alpha value is -2.41. The Morgan fingerprint density at radius 3 is 2.70 bits per heavy atom. The molecule has 2 atom stereocenters. The van der Waals surface area contributed by atoms with E-state index >= 15 is 0 Å². The summed E-state index contributed by atoms with van der Waals surface area (Å²) in [5.74, 6) is -1.43. The SMILES string of the molecule is Nc1cccc2c1C(=O)N(C1CCC(=O)NC1=O)C2O. The van der Waals surface area contributed by atoms with Crippen molar-refractivity contribution in [2.45, 2.75) is 25.1 Å². The molecule has 4 N–H and O–H groups in total. The summed E-state index contributed by atoms with van der Waals surface area (Å²) in [7, 11) is 0. The molecule has 3 amide bonds. The van der Waals surface area contributed by atoms with Gasteiger partial charge >= 0.3 is 0 Å². The summed E-state index contributed by atoms with van der Waals surface area (Å²) in [6.45, 7) is 0. The Kier molecular flexibility index (Phi) is 2.72. The maximum Gasteiger partial charge on any atom is 0.259 e. The molecule has 2 aliphatic heterocycles. The van der Waals surface area contributed by atoms with Gasteiger partial charge in [-0.15, -0.1) is 0 Å². The molecule has 0 radical (unpaired) electrons. The third-order valence-corrected chi connectivity index (χ3v) is 3.66. The molecule has 0 aromatic heterocycles. The Bertz CT molecular complexity index is 628. The van der Waals surface area contributed by atoms with Gasteiger partial charge in [-0.1, -0.05) is 12.1 Å². The molecule has 0 aliphatic carbocycles. The fourth-order valence-electron chi connectivity index (χ4n) is 2.70. The van der Waals surface area contributed by atoms with E-state index in [1.807, 2.05) is 0 Å². The number of imide groups is 1. The Morgan fingerprint density at radius 1 is 1.30 bits per heavy atom. The van der Waals surface area contributed by atoms with Crippen molar-refractivity contribution < 1.29 is 19.5 Å². The number of hydrogen-bond acceptors (Lipinski definition) is 5. The van der Waals surface area contributed by atoms with Crippen molar-refractivity contribution in [1.29, 1.82) is 0 Å². The second kappa shape index (κ2) is 4.31. The monoisotopic (exact) mass is 275 g/mol. The largest absolute Gasteiger partial charge is 0.398 e. The van der Waals surface area contributed by atoms with Crippen LogP contribution in [0.2, 0.25) is 0 Å². The van der Waals surface area contributed by atoms with Crippen LogP contribution in [0.5, 0.6) is 0 Å². The number of aliphatic hydroxyl groups excluding tert-OH is 1. The van der Waals surface area contributed by atoms with Crippen LogP contribution in [0.3, 0.4) is 0 Å². The number of hydrogen-bond donors (Lipinski definition) is 3. The van der Waals surface area contributed by atoms with Crippen LogP contribution in [-0.2, 0) is 9.59 Å². The van der Waals surface area contributed by atoms with Crippen molar-refractivity contribution in [3.05, 3.63) is 29.3 Å². The number of carbonyl (C=O) groups is 3. The molecule has 20 heavy (non-hydrogen) atoms. The van der Waals surface area contributed by atoms with Crippen LogP contribution in [0, 0.1) is 0 Å². The lowest BCUT2D eigenvalue weighted by molar-refractivity contribution is -0.139. The Morgan fingerprint density at radius 2 is 2.05 bits per heavy atom. The summed E-state index contributed by atoms with van der Waals surface area (Å²) in [6.07, 6.45) is -0.884. The lowest BCUT2D eigenvalue weighted by Crippen LogP contribution is -2.53. The molecule has 1 saturated heterocycles. The third kappa shape index (κ3) is 1.67. The van der Waals surface area contributed by atoms with Gasteiger partial charge in [0.25, 0.3) is 5.91 Å². The highest BCUT2D eigenvalue weighted by molar-refractivity contribution is 6.07. The van der Waals surface area contributed by atoms with Crippen molar-refractivity contribution in [2.24, 2.45) is 0 Å². The van der Waals surface area contributed by atoms with Gasteiger partial charge in [-0.05, 0) is 12.5 Å². The number of aliphatic hydroxyl groups is 1. The number of piperidine rings is 1. The standard InChI is InChI=1S/C13H13N3O4/c14-7-3-1-2-6-10(7)13(20)16(12(6)19)8-4-5-9(17)15-11(8)18/h1-3,8,12,19H,4-5,14H2,(H,15,17,18). The van der Waals surface area contributed by atoms with Gasteiger partial charge in [0.1, 0.15) is 6.04 Å².